The molecule has 0 bridgehead atoms. The smallest absolute Gasteiger partial charge is 0.337 e. The van der Waals surface area contributed by atoms with Crippen LogP contribution in [0.1, 0.15) is 31.1 Å². The lowest BCUT2D eigenvalue weighted by Gasteiger charge is -2.21. The van der Waals surface area contributed by atoms with E-state index in [0.29, 0.717) is 12.2 Å². The van der Waals surface area contributed by atoms with Gasteiger partial charge in [0.05, 0.1) is 18.8 Å². The quantitative estimate of drug-likeness (QED) is 0.787. The van der Waals surface area contributed by atoms with E-state index in [2.05, 4.69) is 0 Å². The molecule has 1 aromatic carbocycles. The van der Waals surface area contributed by atoms with Gasteiger partial charge < -0.3 is 19.7 Å². The SMILES string of the molecule is COCc1cccc(C(OC(C)C(C)O)C(=O)O)c1. The average Bonchev–Trinajstić information content (AvgIpc) is 2.35. The largest absolute Gasteiger partial charge is 0.479 e. The van der Waals surface area contributed by atoms with E-state index in [1.54, 1.807) is 39.2 Å². The minimum atomic E-state index is -1.10. The zero-order valence-corrected chi connectivity index (χ0v) is 11.4. The Bertz CT molecular complexity index is 416. The molecule has 0 aromatic heterocycles. The number of ether oxygens (including phenoxy) is 2. The highest BCUT2D eigenvalue weighted by Gasteiger charge is 2.25. The van der Waals surface area contributed by atoms with Gasteiger partial charge in [-0.3, -0.25) is 0 Å². The van der Waals surface area contributed by atoms with Crippen LogP contribution in [0.2, 0.25) is 0 Å². The fourth-order valence-corrected chi connectivity index (χ4v) is 1.62. The number of hydrogen-bond donors (Lipinski definition) is 2. The lowest BCUT2D eigenvalue weighted by molar-refractivity contribution is -0.158. The summed E-state index contributed by atoms with van der Waals surface area (Å²) in [5, 5.41) is 18.6. The predicted octanol–water partition coefficient (Wildman–Crippen LogP) is 1.74. The van der Waals surface area contributed by atoms with Gasteiger partial charge in [0.15, 0.2) is 6.10 Å². The molecule has 0 amide bonds. The molecule has 5 heteroatoms. The second-order valence-electron chi connectivity index (χ2n) is 4.48. The zero-order valence-electron chi connectivity index (χ0n) is 11.4. The van der Waals surface area contributed by atoms with Crippen molar-refractivity contribution in [2.24, 2.45) is 0 Å². The zero-order chi connectivity index (χ0) is 14.4. The Labute approximate surface area is 112 Å². The maximum atomic E-state index is 11.3. The molecule has 0 radical (unpaired) electrons. The first-order valence-electron chi connectivity index (χ1n) is 6.09. The predicted molar refractivity (Wildman–Crippen MR) is 69.8 cm³/mol. The highest BCUT2D eigenvalue weighted by molar-refractivity contribution is 5.74. The van der Waals surface area contributed by atoms with E-state index >= 15 is 0 Å². The summed E-state index contributed by atoms with van der Waals surface area (Å²) in [4.78, 5) is 11.3. The van der Waals surface area contributed by atoms with Crippen LogP contribution in [0.4, 0.5) is 0 Å². The Balaban J connectivity index is 2.92. The van der Waals surface area contributed by atoms with Crippen molar-refractivity contribution in [3.63, 3.8) is 0 Å². The van der Waals surface area contributed by atoms with Gasteiger partial charge in [-0.2, -0.15) is 0 Å². The van der Waals surface area contributed by atoms with Gasteiger partial charge in [-0.1, -0.05) is 24.3 Å². The summed E-state index contributed by atoms with van der Waals surface area (Å²) in [5.41, 5.74) is 1.41. The van der Waals surface area contributed by atoms with Gasteiger partial charge in [0, 0.05) is 7.11 Å². The number of carboxylic acid groups (broad SMARTS) is 1. The maximum Gasteiger partial charge on any atom is 0.337 e. The summed E-state index contributed by atoms with van der Waals surface area (Å²) in [5.74, 6) is -1.08. The molecule has 0 aliphatic heterocycles. The number of hydrogen-bond acceptors (Lipinski definition) is 4. The Morgan fingerprint density at radius 1 is 1.37 bits per heavy atom. The topological polar surface area (TPSA) is 76.0 Å². The first-order chi connectivity index (χ1) is 8.95. The van der Waals surface area contributed by atoms with Gasteiger partial charge in [-0.25, -0.2) is 4.79 Å². The highest BCUT2D eigenvalue weighted by Crippen LogP contribution is 2.22. The summed E-state index contributed by atoms with van der Waals surface area (Å²) >= 11 is 0. The molecule has 0 aliphatic rings. The van der Waals surface area contributed by atoms with Crippen LogP contribution in [0.25, 0.3) is 0 Å². The van der Waals surface area contributed by atoms with Crippen LogP contribution < -0.4 is 0 Å². The van der Waals surface area contributed by atoms with Crippen LogP contribution in [-0.2, 0) is 20.9 Å². The summed E-state index contributed by atoms with van der Waals surface area (Å²) in [6.45, 7) is 3.61. The van der Waals surface area contributed by atoms with E-state index in [9.17, 15) is 15.0 Å². The van der Waals surface area contributed by atoms with Crippen molar-refractivity contribution in [2.45, 2.75) is 38.8 Å². The number of aliphatic hydroxyl groups is 1. The lowest BCUT2D eigenvalue weighted by Crippen LogP contribution is -2.28. The molecule has 0 aliphatic carbocycles. The third-order valence-corrected chi connectivity index (χ3v) is 2.82. The van der Waals surface area contributed by atoms with Gasteiger partial charge >= 0.3 is 5.97 Å². The standard InChI is InChI=1S/C14H20O5/c1-9(15)10(2)19-13(14(16)17)12-6-4-5-11(7-12)8-18-3/h4-7,9-10,13,15H,8H2,1-3H3,(H,16,17). The van der Waals surface area contributed by atoms with Gasteiger partial charge in [0.1, 0.15) is 0 Å². The number of carboxylic acids is 1. The van der Waals surface area contributed by atoms with Crippen molar-refractivity contribution in [1.29, 1.82) is 0 Å². The molecule has 1 aromatic rings. The molecule has 0 heterocycles. The molecular weight excluding hydrogens is 248 g/mol. The van der Waals surface area contributed by atoms with Crippen molar-refractivity contribution >= 4 is 5.97 Å². The number of benzene rings is 1. The average molecular weight is 268 g/mol. The Hall–Kier alpha value is -1.43. The van der Waals surface area contributed by atoms with Gasteiger partial charge in [-0.15, -0.1) is 0 Å². The third kappa shape index (κ3) is 4.63. The van der Waals surface area contributed by atoms with Crippen LogP contribution in [0.5, 0.6) is 0 Å². The molecule has 2 N–H and O–H groups in total. The van der Waals surface area contributed by atoms with Gasteiger partial charge in [-0.05, 0) is 25.0 Å². The molecule has 0 spiro atoms. The number of carbonyl (C=O) groups is 1. The number of rotatable bonds is 7. The monoisotopic (exact) mass is 268 g/mol. The van der Waals surface area contributed by atoms with Crippen molar-refractivity contribution in [3.05, 3.63) is 35.4 Å². The molecule has 19 heavy (non-hydrogen) atoms. The summed E-state index contributed by atoms with van der Waals surface area (Å²) in [6.07, 6.45) is -2.39. The Kier molecular flexibility index (Phi) is 5.95. The van der Waals surface area contributed by atoms with E-state index in [1.807, 2.05) is 6.07 Å². The number of aliphatic hydroxyl groups excluding tert-OH is 1. The number of methoxy groups -OCH3 is 1. The van der Waals surface area contributed by atoms with Crippen LogP contribution in [-0.4, -0.2) is 35.5 Å². The molecule has 106 valence electrons. The second-order valence-corrected chi connectivity index (χ2v) is 4.48. The Morgan fingerprint density at radius 3 is 2.58 bits per heavy atom. The van der Waals surface area contributed by atoms with E-state index in [4.69, 9.17) is 9.47 Å². The maximum absolute atomic E-state index is 11.3. The molecule has 3 atom stereocenters. The summed E-state index contributed by atoms with van der Waals surface area (Å²) in [7, 11) is 1.58. The molecular formula is C14H20O5. The Morgan fingerprint density at radius 2 is 2.05 bits per heavy atom. The minimum Gasteiger partial charge on any atom is -0.479 e. The molecule has 5 nitrogen and oxygen atoms in total. The van der Waals surface area contributed by atoms with Gasteiger partial charge in [0.2, 0.25) is 0 Å². The first kappa shape index (κ1) is 15.6. The molecule has 0 fully saturated rings. The normalized spacial score (nSPS) is 15.8. The summed E-state index contributed by atoms with van der Waals surface area (Å²) < 4.78 is 10.4. The van der Waals surface area contributed by atoms with Crippen molar-refractivity contribution in [2.75, 3.05) is 7.11 Å². The molecule has 0 saturated heterocycles. The van der Waals surface area contributed by atoms with Crippen molar-refractivity contribution in [1.82, 2.24) is 0 Å². The van der Waals surface area contributed by atoms with E-state index in [-0.39, 0.29) is 0 Å². The summed E-state index contributed by atoms with van der Waals surface area (Å²) in [6, 6.07) is 7.03. The van der Waals surface area contributed by atoms with Crippen LogP contribution >= 0.6 is 0 Å². The van der Waals surface area contributed by atoms with Crippen molar-refractivity contribution in [3.8, 4) is 0 Å². The van der Waals surface area contributed by atoms with E-state index in [0.717, 1.165) is 5.56 Å². The van der Waals surface area contributed by atoms with Crippen LogP contribution in [0.15, 0.2) is 24.3 Å². The molecule has 3 unspecified atom stereocenters. The third-order valence-electron chi connectivity index (χ3n) is 2.82. The second kappa shape index (κ2) is 7.23. The van der Waals surface area contributed by atoms with Crippen LogP contribution in [0.3, 0.4) is 0 Å². The highest BCUT2D eigenvalue weighted by atomic mass is 16.5. The van der Waals surface area contributed by atoms with Crippen molar-refractivity contribution < 1.29 is 24.5 Å². The number of aliphatic carboxylic acids is 1. The van der Waals surface area contributed by atoms with Crippen LogP contribution in [0, 0.1) is 0 Å². The van der Waals surface area contributed by atoms with E-state index in [1.165, 1.54) is 0 Å². The fourth-order valence-electron chi connectivity index (χ4n) is 1.62. The lowest BCUT2D eigenvalue weighted by atomic mass is 10.1. The van der Waals surface area contributed by atoms with Gasteiger partial charge in [0.25, 0.3) is 0 Å². The fraction of sp³-hybridized carbons (Fsp3) is 0.500. The van der Waals surface area contributed by atoms with E-state index < -0.39 is 24.3 Å². The molecule has 0 saturated carbocycles. The minimum absolute atomic E-state index is 0.409. The first-order valence-corrected chi connectivity index (χ1v) is 6.09. The molecule has 1 rings (SSSR count).